The number of carbonyl (C=O) groups excluding carboxylic acids is 1. The van der Waals surface area contributed by atoms with Crippen molar-refractivity contribution in [3.63, 3.8) is 0 Å². The van der Waals surface area contributed by atoms with Gasteiger partial charge in [-0.05, 0) is 36.2 Å². The van der Waals surface area contributed by atoms with Gasteiger partial charge in [-0.1, -0.05) is 31.2 Å². The minimum absolute atomic E-state index is 0.268. The topological polar surface area (TPSA) is 91.6 Å². The first kappa shape index (κ1) is 22.8. The zero-order valence-corrected chi connectivity index (χ0v) is 19.2. The summed E-state index contributed by atoms with van der Waals surface area (Å²) in [4.78, 5) is 39.7. The summed E-state index contributed by atoms with van der Waals surface area (Å²) in [7, 11) is 2.97. The Bertz CT molecular complexity index is 1450. The predicted octanol–water partition coefficient (Wildman–Crippen LogP) is 3.37. The molecule has 0 atom stereocenters. The summed E-state index contributed by atoms with van der Waals surface area (Å²) in [6.45, 7) is 1.79. The lowest BCUT2D eigenvalue weighted by Gasteiger charge is -2.15. The fourth-order valence-electron chi connectivity index (χ4n) is 3.79. The van der Waals surface area contributed by atoms with E-state index < -0.39 is 11.2 Å². The number of ether oxygens (including phenoxy) is 2. The summed E-state index contributed by atoms with van der Waals surface area (Å²) in [5, 5.41) is 3.13. The van der Waals surface area contributed by atoms with Crippen molar-refractivity contribution in [3.05, 3.63) is 93.1 Å². The third kappa shape index (κ3) is 4.43. The van der Waals surface area contributed by atoms with Crippen molar-refractivity contribution in [1.82, 2.24) is 9.13 Å². The molecule has 174 valence electrons. The molecule has 8 heteroatoms. The Labute approximate surface area is 196 Å². The summed E-state index contributed by atoms with van der Waals surface area (Å²) in [6, 6.07) is 19.0. The highest BCUT2D eigenvalue weighted by Crippen LogP contribution is 2.24. The number of carbonyl (C=O) groups is 1. The number of aryl methyl sites for hydroxylation is 1. The zero-order chi connectivity index (χ0) is 24.2. The number of benzene rings is 3. The van der Waals surface area contributed by atoms with Crippen LogP contribution in [0.3, 0.4) is 0 Å². The van der Waals surface area contributed by atoms with E-state index in [-0.39, 0.29) is 18.1 Å². The number of para-hydroxylation sites is 1. The summed E-state index contributed by atoms with van der Waals surface area (Å²) < 4.78 is 12.9. The molecule has 8 nitrogen and oxygen atoms in total. The Balaban J connectivity index is 1.82. The van der Waals surface area contributed by atoms with Crippen LogP contribution in [0.1, 0.15) is 12.5 Å². The number of nitrogens with zero attached hydrogens (tertiary/aromatic N) is 2. The van der Waals surface area contributed by atoms with Crippen LogP contribution in [0.2, 0.25) is 0 Å². The maximum atomic E-state index is 13.5. The predicted molar refractivity (Wildman–Crippen MR) is 131 cm³/mol. The van der Waals surface area contributed by atoms with Gasteiger partial charge in [0.05, 0.1) is 30.8 Å². The van der Waals surface area contributed by atoms with Crippen LogP contribution in [-0.4, -0.2) is 29.3 Å². The van der Waals surface area contributed by atoms with Crippen molar-refractivity contribution >= 4 is 22.5 Å². The molecule has 1 N–H and O–H groups in total. The smallest absolute Gasteiger partial charge is 0.336 e. The van der Waals surface area contributed by atoms with E-state index in [0.717, 1.165) is 16.6 Å². The van der Waals surface area contributed by atoms with Crippen molar-refractivity contribution in [2.24, 2.45) is 0 Å². The van der Waals surface area contributed by atoms with Crippen molar-refractivity contribution in [1.29, 1.82) is 0 Å². The number of aromatic nitrogens is 2. The van der Waals surface area contributed by atoms with Crippen LogP contribution < -0.4 is 26.0 Å². The monoisotopic (exact) mass is 459 g/mol. The molecule has 0 spiro atoms. The highest BCUT2D eigenvalue weighted by atomic mass is 16.5. The summed E-state index contributed by atoms with van der Waals surface area (Å²) >= 11 is 0. The van der Waals surface area contributed by atoms with Gasteiger partial charge in [-0.2, -0.15) is 0 Å². The fraction of sp³-hybridized carbons (Fsp3) is 0.192. The van der Waals surface area contributed by atoms with E-state index in [0.29, 0.717) is 28.1 Å². The molecule has 1 aromatic heterocycles. The summed E-state index contributed by atoms with van der Waals surface area (Å²) in [5.74, 6) is 0.465. The van der Waals surface area contributed by atoms with Gasteiger partial charge in [-0.25, -0.2) is 9.36 Å². The van der Waals surface area contributed by atoms with E-state index in [1.807, 2.05) is 24.3 Å². The van der Waals surface area contributed by atoms with Gasteiger partial charge in [0.15, 0.2) is 0 Å². The Morgan fingerprint density at radius 1 is 0.912 bits per heavy atom. The van der Waals surface area contributed by atoms with Crippen LogP contribution in [0.4, 0.5) is 5.69 Å². The lowest BCUT2D eigenvalue weighted by molar-refractivity contribution is -0.116. The van der Waals surface area contributed by atoms with E-state index in [4.69, 9.17) is 9.47 Å². The molecule has 0 aliphatic rings. The van der Waals surface area contributed by atoms with Crippen molar-refractivity contribution in [2.75, 3.05) is 19.5 Å². The van der Waals surface area contributed by atoms with Crippen LogP contribution in [0.5, 0.6) is 11.5 Å². The van der Waals surface area contributed by atoms with Crippen LogP contribution in [0.25, 0.3) is 16.6 Å². The average molecular weight is 460 g/mol. The molecule has 1 amide bonds. The first-order valence-corrected chi connectivity index (χ1v) is 10.8. The number of rotatable bonds is 7. The molecule has 1 heterocycles. The average Bonchev–Trinajstić information content (AvgIpc) is 2.86. The first-order valence-electron chi connectivity index (χ1n) is 10.8. The van der Waals surface area contributed by atoms with Gasteiger partial charge in [0, 0.05) is 23.9 Å². The van der Waals surface area contributed by atoms with Gasteiger partial charge >= 0.3 is 5.69 Å². The first-order chi connectivity index (χ1) is 16.4. The molecule has 0 aliphatic carbocycles. The lowest BCUT2D eigenvalue weighted by atomic mass is 10.1. The standard InChI is InChI=1S/C26H25N3O5/c1-4-17-9-11-18(12-10-17)27-24(30)16-28-23-8-6-5-7-22(23)25(31)29(26(28)32)19-13-20(33-2)15-21(14-19)34-3/h5-15H,4,16H2,1-3H3,(H,27,30). The van der Waals surface area contributed by atoms with Crippen LogP contribution in [0.15, 0.2) is 76.3 Å². The van der Waals surface area contributed by atoms with E-state index in [1.54, 1.807) is 42.5 Å². The number of hydrogen-bond acceptors (Lipinski definition) is 5. The summed E-state index contributed by atoms with van der Waals surface area (Å²) in [5.41, 5.74) is 1.30. The number of nitrogens with one attached hydrogen (secondary N) is 1. The van der Waals surface area contributed by atoms with Crippen LogP contribution >= 0.6 is 0 Å². The molecule has 0 unspecified atom stereocenters. The number of methoxy groups -OCH3 is 2. The molecule has 0 aliphatic heterocycles. The van der Waals surface area contributed by atoms with Crippen LogP contribution in [-0.2, 0) is 17.8 Å². The Morgan fingerprint density at radius 3 is 2.18 bits per heavy atom. The zero-order valence-electron chi connectivity index (χ0n) is 19.2. The van der Waals surface area contributed by atoms with Gasteiger partial charge < -0.3 is 14.8 Å². The van der Waals surface area contributed by atoms with Gasteiger partial charge in [-0.15, -0.1) is 0 Å². The Hall–Kier alpha value is -4.33. The minimum atomic E-state index is -0.643. The highest BCUT2D eigenvalue weighted by Gasteiger charge is 2.18. The molecule has 0 radical (unpaired) electrons. The second kappa shape index (κ2) is 9.66. The molecular formula is C26H25N3O5. The third-order valence-electron chi connectivity index (χ3n) is 5.59. The van der Waals surface area contributed by atoms with E-state index in [9.17, 15) is 14.4 Å². The lowest BCUT2D eigenvalue weighted by Crippen LogP contribution is -2.40. The van der Waals surface area contributed by atoms with E-state index >= 15 is 0 Å². The second-order valence-corrected chi connectivity index (χ2v) is 7.70. The largest absolute Gasteiger partial charge is 0.497 e. The normalized spacial score (nSPS) is 10.8. The Morgan fingerprint density at radius 2 is 1.56 bits per heavy atom. The molecule has 3 aromatic carbocycles. The molecule has 0 bridgehead atoms. The second-order valence-electron chi connectivity index (χ2n) is 7.70. The van der Waals surface area contributed by atoms with Gasteiger partial charge in [-0.3, -0.25) is 14.2 Å². The molecule has 0 saturated carbocycles. The van der Waals surface area contributed by atoms with Gasteiger partial charge in [0.2, 0.25) is 5.91 Å². The quantitative estimate of drug-likeness (QED) is 0.458. The number of fused-ring (bicyclic) bond motifs is 1. The van der Waals surface area contributed by atoms with Crippen molar-refractivity contribution in [3.8, 4) is 17.2 Å². The molecule has 4 aromatic rings. The van der Waals surface area contributed by atoms with Crippen LogP contribution in [0, 0.1) is 0 Å². The number of amides is 1. The van der Waals surface area contributed by atoms with Gasteiger partial charge in [0.25, 0.3) is 5.56 Å². The number of hydrogen-bond donors (Lipinski definition) is 1. The summed E-state index contributed by atoms with van der Waals surface area (Å²) in [6.07, 6.45) is 0.895. The third-order valence-corrected chi connectivity index (χ3v) is 5.59. The molecule has 34 heavy (non-hydrogen) atoms. The van der Waals surface area contributed by atoms with Crippen molar-refractivity contribution < 1.29 is 14.3 Å². The molecular weight excluding hydrogens is 434 g/mol. The van der Waals surface area contributed by atoms with Gasteiger partial charge in [0.1, 0.15) is 18.0 Å². The molecule has 4 rings (SSSR count). The Kier molecular flexibility index (Phi) is 6.49. The molecule has 0 saturated heterocycles. The van der Waals surface area contributed by atoms with E-state index in [2.05, 4.69) is 12.2 Å². The number of anilines is 1. The van der Waals surface area contributed by atoms with E-state index in [1.165, 1.54) is 18.8 Å². The maximum Gasteiger partial charge on any atom is 0.336 e. The minimum Gasteiger partial charge on any atom is -0.497 e. The maximum absolute atomic E-state index is 13.5. The van der Waals surface area contributed by atoms with Crippen molar-refractivity contribution in [2.45, 2.75) is 19.9 Å². The fourth-order valence-corrected chi connectivity index (χ4v) is 3.79. The highest BCUT2D eigenvalue weighted by molar-refractivity contribution is 5.91. The molecule has 0 fully saturated rings. The SMILES string of the molecule is CCc1ccc(NC(=O)Cn2c(=O)n(-c3cc(OC)cc(OC)c3)c(=O)c3ccccc32)cc1.